The summed E-state index contributed by atoms with van der Waals surface area (Å²) >= 11 is 0. The fourth-order valence-corrected chi connectivity index (χ4v) is 5.26. The number of nitrogens with one attached hydrogen (secondary N) is 3. The molecule has 6 heteroatoms. The third kappa shape index (κ3) is 6.52. The Kier molecular flexibility index (Phi) is 7.74. The lowest BCUT2D eigenvalue weighted by atomic mass is 9.81. The smallest absolute Gasteiger partial charge is 0.319 e. The third-order valence-corrected chi connectivity index (χ3v) is 6.85. The van der Waals surface area contributed by atoms with Crippen molar-refractivity contribution in [1.82, 2.24) is 10.6 Å². The number of hydrogen-bond donors (Lipinski definition) is 3. The van der Waals surface area contributed by atoms with E-state index in [1.165, 1.54) is 37.0 Å². The fraction of sp³-hybridized carbons (Fsp3) is 0.500. The van der Waals surface area contributed by atoms with Crippen LogP contribution < -0.4 is 16.0 Å². The molecule has 2 aliphatic rings. The molecule has 2 aromatic carbocycles. The largest absolute Gasteiger partial charge is 0.334 e. The quantitative estimate of drug-likeness (QED) is 0.532. The third-order valence-electron chi connectivity index (χ3n) is 6.85. The standard InChI is InChI=1S/C26H33F2N3O/c27-20-10-8-18(9-11-20)16-19-4-3-5-23(17-19)29-24-6-1-2-7-25(24)31-26(32)30-22-14-12-21(28)13-15-22/h8-15,19,23-25,29H,1-7,16-17H2,(H2,30,31,32)/t19-,23+,24-,25?/m1/s1. The first-order valence-corrected chi connectivity index (χ1v) is 11.9. The number of halogens is 2. The summed E-state index contributed by atoms with van der Waals surface area (Å²) in [5, 5.41) is 9.80. The Morgan fingerprint density at radius 3 is 2.19 bits per heavy atom. The van der Waals surface area contributed by atoms with Crippen LogP contribution in [0.25, 0.3) is 0 Å². The molecule has 4 rings (SSSR count). The highest BCUT2D eigenvalue weighted by molar-refractivity contribution is 5.89. The molecular formula is C26H33F2N3O. The van der Waals surface area contributed by atoms with E-state index < -0.39 is 0 Å². The van der Waals surface area contributed by atoms with Crippen LogP contribution in [0.4, 0.5) is 19.3 Å². The molecule has 172 valence electrons. The Labute approximate surface area is 189 Å². The van der Waals surface area contributed by atoms with Crippen molar-refractivity contribution in [3.8, 4) is 0 Å². The summed E-state index contributed by atoms with van der Waals surface area (Å²) in [6.07, 6.45) is 9.96. The van der Waals surface area contributed by atoms with Crippen LogP contribution in [-0.2, 0) is 6.42 Å². The number of amides is 2. The predicted molar refractivity (Wildman–Crippen MR) is 124 cm³/mol. The van der Waals surface area contributed by atoms with Gasteiger partial charge in [-0.3, -0.25) is 0 Å². The van der Waals surface area contributed by atoms with E-state index in [1.54, 1.807) is 24.3 Å². The molecule has 32 heavy (non-hydrogen) atoms. The van der Waals surface area contributed by atoms with E-state index in [0.717, 1.165) is 38.5 Å². The zero-order valence-electron chi connectivity index (χ0n) is 18.5. The van der Waals surface area contributed by atoms with E-state index in [4.69, 9.17) is 0 Å². The molecule has 1 unspecified atom stereocenters. The van der Waals surface area contributed by atoms with Crippen LogP contribution in [0.5, 0.6) is 0 Å². The van der Waals surface area contributed by atoms with Gasteiger partial charge in [-0.15, -0.1) is 0 Å². The van der Waals surface area contributed by atoms with Gasteiger partial charge in [-0.1, -0.05) is 37.8 Å². The molecule has 0 saturated heterocycles. The Bertz CT molecular complexity index is 872. The molecule has 2 aliphatic carbocycles. The van der Waals surface area contributed by atoms with E-state index in [-0.39, 0.29) is 29.7 Å². The first-order chi connectivity index (χ1) is 15.5. The zero-order chi connectivity index (χ0) is 22.3. The van der Waals surface area contributed by atoms with E-state index in [9.17, 15) is 13.6 Å². The Hall–Kier alpha value is -2.47. The van der Waals surface area contributed by atoms with Gasteiger partial charge in [-0.2, -0.15) is 0 Å². The second kappa shape index (κ2) is 10.9. The molecule has 2 amide bonds. The lowest BCUT2D eigenvalue weighted by molar-refractivity contribution is 0.209. The number of rotatable bonds is 6. The van der Waals surface area contributed by atoms with Crippen molar-refractivity contribution in [2.24, 2.45) is 5.92 Å². The van der Waals surface area contributed by atoms with Crippen LogP contribution in [0, 0.1) is 17.6 Å². The van der Waals surface area contributed by atoms with Gasteiger partial charge in [0, 0.05) is 23.8 Å². The van der Waals surface area contributed by atoms with Crippen molar-refractivity contribution in [1.29, 1.82) is 0 Å². The van der Waals surface area contributed by atoms with E-state index >= 15 is 0 Å². The van der Waals surface area contributed by atoms with Crippen molar-refractivity contribution in [3.05, 3.63) is 65.7 Å². The average Bonchev–Trinajstić information content (AvgIpc) is 2.79. The molecule has 3 N–H and O–H groups in total. The fourth-order valence-electron chi connectivity index (χ4n) is 5.26. The summed E-state index contributed by atoms with van der Waals surface area (Å²) in [6, 6.07) is 13.2. The normalized spacial score (nSPS) is 25.8. The van der Waals surface area contributed by atoms with Gasteiger partial charge < -0.3 is 16.0 Å². The van der Waals surface area contributed by atoms with Crippen LogP contribution in [0.3, 0.4) is 0 Å². The summed E-state index contributed by atoms with van der Waals surface area (Å²) in [5.74, 6) is 0.0949. The van der Waals surface area contributed by atoms with Gasteiger partial charge in [0.15, 0.2) is 0 Å². The van der Waals surface area contributed by atoms with Crippen molar-refractivity contribution in [2.45, 2.75) is 75.9 Å². The minimum absolute atomic E-state index is 0.0849. The summed E-state index contributed by atoms with van der Waals surface area (Å²) in [4.78, 5) is 12.5. The minimum Gasteiger partial charge on any atom is -0.334 e. The van der Waals surface area contributed by atoms with Gasteiger partial charge in [-0.25, -0.2) is 13.6 Å². The highest BCUT2D eigenvalue weighted by Gasteiger charge is 2.30. The second-order valence-electron chi connectivity index (χ2n) is 9.33. The van der Waals surface area contributed by atoms with Gasteiger partial charge in [-0.05, 0) is 80.0 Å². The van der Waals surface area contributed by atoms with E-state index in [0.29, 0.717) is 17.6 Å². The number of benzene rings is 2. The topological polar surface area (TPSA) is 53.2 Å². The van der Waals surface area contributed by atoms with Crippen LogP contribution in [0.15, 0.2) is 48.5 Å². The highest BCUT2D eigenvalue weighted by Crippen LogP contribution is 2.29. The molecule has 0 aromatic heterocycles. The number of carbonyl (C=O) groups excluding carboxylic acids is 1. The molecule has 0 bridgehead atoms. The summed E-state index contributed by atoms with van der Waals surface area (Å²) < 4.78 is 26.3. The van der Waals surface area contributed by atoms with Crippen LogP contribution >= 0.6 is 0 Å². The first-order valence-electron chi connectivity index (χ1n) is 11.9. The van der Waals surface area contributed by atoms with Gasteiger partial charge in [0.25, 0.3) is 0 Å². The maximum Gasteiger partial charge on any atom is 0.319 e. The SMILES string of the molecule is O=C(Nc1ccc(F)cc1)NC1CCCC[C@H]1N[C@H]1CCC[C@H](Cc2ccc(F)cc2)C1. The second-order valence-corrected chi connectivity index (χ2v) is 9.33. The molecule has 0 spiro atoms. The maximum atomic E-state index is 13.2. The summed E-state index contributed by atoms with van der Waals surface area (Å²) in [7, 11) is 0. The average molecular weight is 442 g/mol. The van der Waals surface area contributed by atoms with Crippen molar-refractivity contribution in [2.75, 3.05) is 5.32 Å². The van der Waals surface area contributed by atoms with Crippen molar-refractivity contribution in [3.63, 3.8) is 0 Å². The lowest BCUT2D eigenvalue weighted by Crippen LogP contribution is -2.55. The lowest BCUT2D eigenvalue weighted by Gasteiger charge is -2.38. The van der Waals surface area contributed by atoms with Crippen molar-refractivity contribution < 1.29 is 13.6 Å². The zero-order valence-corrected chi connectivity index (χ0v) is 18.5. The first kappa shape index (κ1) is 22.7. The molecule has 4 atom stereocenters. The molecule has 0 radical (unpaired) electrons. The van der Waals surface area contributed by atoms with Gasteiger partial charge >= 0.3 is 6.03 Å². The van der Waals surface area contributed by atoms with E-state index in [2.05, 4.69) is 16.0 Å². The van der Waals surface area contributed by atoms with Crippen LogP contribution in [-0.4, -0.2) is 24.2 Å². The number of anilines is 1. The monoisotopic (exact) mass is 441 g/mol. The highest BCUT2D eigenvalue weighted by atomic mass is 19.1. The van der Waals surface area contributed by atoms with Gasteiger partial charge in [0.05, 0.1) is 0 Å². The molecule has 2 saturated carbocycles. The Balaban J connectivity index is 1.29. The van der Waals surface area contributed by atoms with Gasteiger partial charge in [0.1, 0.15) is 11.6 Å². The Morgan fingerprint density at radius 1 is 0.812 bits per heavy atom. The Morgan fingerprint density at radius 2 is 1.47 bits per heavy atom. The number of hydrogen-bond acceptors (Lipinski definition) is 2. The minimum atomic E-state index is -0.322. The molecule has 0 aliphatic heterocycles. The predicted octanol–water partition coefficient (Wildman–Crippen LogP) is 5.79. The van der Waals surface area contributed by atoms with Crippen LogP contribution in [0.2, 0.25) is 0 Å². The number of urea groups is 1. The molecule has 2 fully saturated rings. The molecule has 0 heterocycles. The van der Waals surface area contributed by atoms with Crippen LogP contribution in [0.1, 0.15) is 56.9 Å². The summed E-state index contributed by atoms with van der Waals surface area (Å²) in [6.45, 7) is 0. The molecular weight excluding hydrogens is 408 g/mol. The molecule has 4 nitrogen and oxygen atoms in total. The van der Waals surface area contributed by atoms with Crippen molar-refractivity contribution >= 4 is 11.7 Å². The maximum absolute atomic E-state index is 13.2. The summed E-state index contributed by atoms with van der Waals surface area (Å²) in [5.41, 5.74) is 1.78. The molecule has 2 aromatic rings. The number of carbonyl (C=O) groups is 1. The van der Waals surface area contributed by atoms with Gasteiger partial charge in [0.2, 0.25) is 0 Å². The van der Waals surface area contributed by atoms with E-state index in [1.807, 2.05) is 12.1 Å².